The SMILES string of the molecule is CCOC(=O)C1CCN(C(=NC)NCC(C)Oc2cccc(OC)c2)CC1. The van der Waals surface area contributed by atoms with Gasteiger partial charge in [-0.25, -0.2) is 0 Å². The van der Waals surface area contributed by atoms with Crippen LogP contribution in [0, 0.1) is 5.92 Å². The second kappa shape index (κ2) is 10.6. The van der Waals surface area contributed by atoms with Crippen molar-refractivity contribution in [2.75, 3.05) is 40.4 Å². The van der Waals surface area contributed by atoms with Crippen LogP contribution in [-0.4, -0.2) is 63.3 Å². The Morgan fingerprint density at radius 3 is 2.67 bits per heavy atom. The number of methoxy groups -OCH3 is 1. The third-order valence-corrected chi connectivity index (χ3v) is 4.55. The van der Waals surface area contributed by atoms with E-state index in [-0.39, 0.29) is 18.0 Å². The Hall–Kier alpha value is -2.44. The molecule has 1 N–H and O–H groups in total. The Morgan fingerprint density at radius 2 is 2.04 bits per heavy atom. The molecule has 1 aromatic rings. The van der Waals surface area contributed by atoms with Crippen molar-refractivity contribution in [2.24, 2.45) is 10.9 Å². The van der Waals surface area contributed by atoms with E-state index < -0.39 is 0 Å². The highest BCUT2D eigenvalue weighted by Gasteiger charge is 2.27. The Balaban J connectivity index is 1.79. The lowest BCUT2D eigenvalue weighted by Crippen LogP contribution is -2.48. The van der Waals surface area contributed by atoms with Crippen LogP contribution in [0.25, 0.3) is 0 Å². The molecule has 1 aromatic carbocycles. The molecule has 0 aliphatic carbocycles. The van der Waals surface area contributed by atoms with Crippen molar-refractivity contribution >= 4 is 11.9 Å². The minimum Gasteiger partial charge on any atom is -0.497 e. The molecule has 0 aromatic heterocycles. The van der Waals surface area contributed by atoms with Crippen LogP contribution in [0.3, 0.4) is 0 Å². The van der Waals surface area contributed by atoms with E-state index in [1.54, 1.807) is 14.2 Å². The zero-order valence-electron chi connectivity index (χ0n) is 16.7. The average molecular weight is 377 g/mol. The lowest BCUT2D eigenvalue weighted by atomic mass is 9.97. The van der Waals surface area contributed by atoms with Gasteiger partial charge in [0.25, 0.3) is 0 Å². The first-order valence-corrected chi connectivity index (χ1v) is 9.50. The number of rotatable bonds is 7. The maximum Gasteiger partial charge on any atom is 0.309 e. The number of nitrogens with one attached hydrogen (secondary N) is 1. The Morgan fingerprint density at radius 1 is 1.33 bits per heavy atom. The monoisotopic (exact) mass is 377 g/mol. The van der Waals surface area contributed by atoms with Crippen molar-refractivity contribution in [3.8, 4) is 11.5 Å². The number of piperidine rings is 1. The van der Waals surface area contributed by atoms with Gasteiger partial charge < -0.3 is 24.4 Å². The Labute approximate surface area is 161 Å². The van der Waals surface area contributed by atoms with Crippen LogP contribution in [0.2, 0.25) is 0 Å². The number of guanidine groups is 1. The number of hydrogen-bond donors (Lipinski definition) is 1. The van der Waals surface area contributed by atoms with Gasteiger partial charge in [-0.1, -0.05) is 6.07 Å². The third kappa shape index (κ3) is 6.34. The van der Waals surface area contributed by atoms with E-state index in [1.165, 1.54) is 0 Å². The number of aliphatic imine (C=N–C) groups is 1. The summed E-state index contributed by atoms with van der Waals surface area (Å²) in [5.74, 6) is 2.29. The molecule has 150 valence electrons. The van der Waals surface area contributed by atoms with Gasteiger partial charge in [0.2, 0.25) is 0 Å². The van der Waals surface area contributed by atoms with Crippen LogP contribution < -0.4 is 14.8 Å². The number of ether oxygens (including phenoxy) is 3. The molecule has 0 saturated carbocycles. The summed E-state index contributed by atoms with van der Waals surface area (Å²) in [6, 6.07) is 7.57. The molecule has 0 spiro atoms. The lowest BCUT2D eigenvalue weighted by Gasteiger charge is -2.33. The number of nitrogens with zero attached hydrogens (tertiary/aromatic N) is 2. The fraction of sp³-hybridized carbons (Fsp3) is 0.600. The van der Waals surface area contributed by atoms with Crippen LogP contribution in [0.4, 0.5) is 0 Å². The fourth-order valence-electron chi connectivity index (χ4n) is 3.10. The molecule has 1 atom stereocenters. The van der Waals surface area contributed by atoms with Crippen LogP contribution in [0.5, 0.6) is 11.5 Å². The summed E-state index contributed by atoms with van der Waals surface area (Å²) in [7, 11) is 3.41. The van der Waals surface area contributed by atoms with Crippen molar-refractivity contribution in [2.45, 2.75) is 32.8 Å². The van der Waals surface area contributed by atoms with Crippen LogP contribution in [-0.2, 0) is 9.53 Å². The highest BCUT2D eigenvalue weighted by atomic mass is 16.5. The summed E-state index contributed by atoms with van der Waals surface area (Å²) in [5.41, 5.74) is 0. The van der Waals surface area contributed by atoms with Crippen LogP contribution >= 0.6 is 0 Å². The molecule has 2 rings (SSSR count). The number of carbonyl (C=O) groups excluding carboxylic acids is 1. The molecule has 1 aliphatic rings. The number of likely N-dealkylation sites (tertiary alicyclic amines) is 1. The van der Waals surface area contributed by atoms with Gasteiger partial charge in [0.05, 0.1) is 26.2 Å². The van der Waals surface area contributed by atoms with E-state index in [4.69, 9.17) is 14.2 Å². The first-order chi connectivity index (χ1) is 13.1. The normalized spacial score (nSPS) is 16.6. The number of esters is 1. The molecule has 0 amide bonds. The highest BCUT2D eigenvalue weighted by Crippen LogP contribution is 2.20. The van der Waals surface area contributed by atoms with E-state index in [2.05, 4.69) is 15.2 Å². The van der Waals surface area contributed by atoms with Crippen molar-refractivity contribution in [1.29, 1.82) is 0 Å². The molecule has 7 nitrogen and oxygen atoms in total. The minimum atomic E-state index is -0.0830. The van der Waals surface area contributed by atoms with Crippen molar-refractivity contribution in [3.63, 3.8) is 0 Å². The first-order valence-electron chi connectivity index (χ1n) is 9.50. The minimum absolute atomic E-state index is 0.00498. The van der Waals surface area contributed by atoms with Gasteiger partial charge in [0.15, 0.2) is 5.96 Å². The Bertz CT molecular complexity index is 627. The smallest absolute Gasteiger partial charge is 0.309 e. The average Bonchev–Trinajstić information content (AvgIpc) is 2.69. The molecule has 1 saturated heterocycles. The molecule has 7 heteroatoms. The van der Waals surface area contributed by atoms with Gasteiger partial charge in [0.1, 0.15) is 17.6 Å². The third-order valence-electron chi connectivity index (χ3n) is 4.55. The van der Waals surface area contributed by atoms with E-state index in [0.29, 0.717) is 13.2 Å². The molecule has 0 bridgehead atoms. The standard InChI is InChI=1S/C20H31N3O4/c1-5-26-19(24)16-9-11-23(12-10-16)20(21-3)22-14-15(2)27-18-8-6-7-17(13-18)25-4/h6-8,13,15-16H,5,9-12,14H2,1-4H3,(H,21,22). The first kappa shape index (κ1) is 20.9. The lowest BCUT2D eigenvalue weighted by molar-refractivity contribution is -0.149. The summed E-state index contributed by atoms with van der Waals surface area (Å²) >= 11 is 0. The van der Waals surface area contributed by atoms with Crippen molar-refractivity contribution < 1.29 is 19.0 Å². The van der Waals surface area contributed by atoms with E-state index >= 15 is 0 Å². The maximum absolute atomic E-state index is 11.9. The summed E-state index contributed by atoms with van der Waals surface area (Å²) < 4.78 is 16.3. The molecule has 27 heavy (non-hydrogen) atoms. The summed E-state index contributed by atoms with van der Waals surface area (Å²) in [5, 5.41) is 3.36. The second-order valence-electron chi connectivity index (χ2n) is 6.55. The maximum atomic E-state index is 11.9. The topological polar surface area (TPSA) is 72.4 Å². The zero-order chi connectivity index (χ0) is 19.6. The van der Waals surface area contributed by atoms with Gasteiger partial charge >= 0.3 is 5.97 Å². The molecule has 1 heterocycles. The fourth-order valence-corrected chi connectivity index (χ4v) is 3.10. The van der Waals surface area contributed by atoms with Crippen LogP contribution in [0.15, 0.2) is 29.3 Å². The van der Waals surface area contributed by atoms with Crippen LogP contribution in [0.1, 0.15) is 26.7 Å². The second-order valence-corrected chi connectivity index (χ2v) is 6.55. The molecular formula is C20H31N3O4. The van der Waals surface area contributed by atoms with Gasteiger partial charge in [-0.15, -0.1) is 0 Å². The molecule has 0 radical (unpaired) electrons. The van der Waals surface area contributed by atoms with Gasteiger partial charge in [-0.05, 0) is 38.8 Å². The predicted octanol–water partition coefficient (Wildman–Crippen LogP) is 2.31. The summed E-state index contributed by atoms with van der Waals surface area (Å²) in [6.07, 6.45) is 1.54. The van der Waals surface area contributed by atoms with E-state index in [9.17, 15) is 4.79 Å². The predicted molar refractivity (Wildman–Crippen MR) is 105 cm³/mol. The van der Waals surface area contributed by atoms with Gasteiger partial charge in [-0.2, -0.15) is 0 Å². The molecule has 1 fully saturated rings. The molecular weight excluding hydrogens is 346 g/mol. The number of hydrogen-bond acceptors (Lipinski definition) is 5. The van der Waals surface area contributed by atoms with E-state index in [1.807, 2.05) is 38.1 Å². The highest BCUT2D eigenvalue weighted by molar-refractivity contribution is 5.80. The number of carbonyl (C=O) groups is 1. The molecule has 1 aliphatic heterocycles. The zero-order valence-corrected chi connectivity index (χ0v) is 16.7. The van der Waals surface area contributed by atoms with Gasteiger partial charge in [-0.3, -0.25) is 9.79 Å². The van der Waals surface area contributed by atoms with Crippen molar-refractivity contribution in [1.82, 2.24) is 10.2 Å². The van der Waals surface area contributed by atoms with Crippen molar-refractivity contribution in [3.05, 3.63) is 24.3 Å². The molecule has 1 unspecified atom stereocenters. The van der Waals surface area contributed by atoms with Gasteiger partial charge in [0, 0.05) is 26.2 Å². The summed E-state index contributed by atoms with van der Waals surface area (Å²) in [6.45, 7) is 6.48. The van der Waals surface area contributed by atoms with E-state index in [0.717, 1.165) is 43.4 Å². The largest absolute Gasteiger partial charge is 0.497 e. The summed E-state index contributed by atoms with van der Waals surface area (Å²) in [4.78, 5) is 18.4. The number of benzene rings is 1. The quantitative estimate of drug-likeness (QED) is 0.447. The Kier molecular flexibility index (Phi) is 8.23.